The average Bonchev–Trinajstić information content (AvgIpc) is 3.14. The van der Waals surface area contributed by atoms with E-state index in [-0.39, 0.29) is 17.5 Å². The van der Waals surface area contributed by atoms with Gasteiger partial charge >= 0.3 is 0 Å². The zero-order valence-corrected chi connectivity index (χ0v) is 16.3. The van der Waals surface area contributed by atoms with Crippen molar-refractivity contribution in [3.05, 3.63) is 59.9 Å². The summed E-state index contributed by atoms with van der Waals surface area (Å²) in [5.41, 5.74) is 1.86. The Balaban J connectivity index is 1.38. The molecule has 140 valence electrons. The molecule has 0 atom stereocenters. The van der Waals surface area contributed by atoms with Crippen LogP contribution < -0.4 is 5.32 Å². The lowest BCUT2D eigenvalue weighted by atomic mass is 10.2. The predicted octanol–water partition coefficient (Wildman–Crippen LogP) is 4.18. The monoisotopic (exact) mass is 403 g/mol. The van der Waals surface area contributed by atoms with Crippen LogP contribution in [0, 0.1) is 12.7 Å². The molecule has 0 fully saturated rings. The van der Waals surface area contributed by atoms with Crippen molar-refractivity contribution in [3.63, 3.8) is 0 Å². The first-order valence-electron chi connectivity index (χ1n) is 8.28. The third-order valence-corrected chi connectivity index (χ3v) is 5.37. The summed E-state index contributed by atoms with van der Waals surface area (Å²) in [6, 6.07) is 14.1. The largest absolute Gasteiger partial charge is 0.411 e. The van der Waals surface area contributed by atoms with Gasteiger partial charge < -0.3 is 9.73 Å². The molecule has 1 heterocycles. The Kier molecular flexibility index (Phi) is 6.89. The summed E-state index contributed by atoms with van der Waals surface area (Å²) < 4.78 is 18.4. The van der Waals surface area contributed by atoms with Crippen molar-refractivity contribution < 1.29 is 13.6 Å². The highest BCUT2D eigenvalue weighted by Gasteiger charge is 2.11. The Morgan fingerprint density at radius 1 is 1.07 bits per heavy atom. The van der Waals surface area contributed by atoms with Gasteiger partial charge in [-0.3, -0.25) is 4.79 Å². The predicted molar refractivity (Wildman–Crippen MR) is 105 cm³/mol. The van der Waals surface area contributed by atoms with Crippen LogP contribution in [0.3, 0.4) is 0 Å². The maximum atomic E-state index is 12.9. The molecule has 3 aromatic rings. The maximum absolute atomic E-state index is 12.9. The van der Waals surface area contributed by atoms with Gasteiger partial charge in [0.05, 0.1) is 5.75 Å². The number of carbonyl (C=O) groups is 1. The Morgan fingerprint density at radius 2 is 1.81 bits per heavy atom. The van der Waals surface area contributed by atoms with E-state index < -0.39 is 0 Å². The van der Waals surface area contributed by atoms with Gasteiger partial charge in [-0.15, -0.1) is 22.0 Å². The van der Waals surface area contributed by atoms with Crippen molar-refractivity contribution >= 4 is 29.4 Å². The molecule has 0 bridgehead atoms. The van der Waals surface area contributed by atoms with E-state index in [1.807, 2.05) is 0 Å². The van der Waals surface area contributed by atoms with Crippen LogP contribution in [0.5, 0.6) is 0 Å². The number of thioether (sulfide) groups is 2. The minimum atomic E-state index is -0.329. The molecule has 1 N–H and O–H groups in total. The number of amides is 1. The number of rotatable bonds is 8. The molecule has 0 spiro atoms. The molecule has 0 aliphatic heterocycles. The first kappa shape index (κ1) is 19.4. The minimum Gasteiger partial charge on any atom is -0.411 e. The van der Waals surface area contributed by atoms with Crippen LogP contribution in [0.1, 0.15) is 5.56 Å². The molecule has 2 aromatic carbocycles. The van der Waals surface area contributed by atoms with Crippen molar-refractivity contribution in [1.82, 2.24) is 15.5 Å². The number of halogens is 1. The molecular weight excluding hydrogens is 385 g/mol. The second kappa shape index (κ2) is 9.57. The lowest BCUT2D eigenvalue weighted by Crippen LogP contribution is -2.27. The molecular formula is C19H18FN3O2S2. The number of aromatic nitrogens is 2. The van der Waals surface area contributed by atoms with Gasteiger partial charge in [0.15, 0.2) is 0 Å². The Morgan fingerprint density at radius 3 is 2.56 bits per heavy atom. The number of hydrogen-bond donors (Lipinski definition) is 1. The first-order chi connectivity index (χ1) is 13.1. The molecule has 0 saturated heterocycles. The normalized spacial score (nSPS) is 10.7. The molecule has 27 heavy (non-hydrogen) atoms. The summed E-state index contributed by atoms with van der Waals surface area (Å²) in [7, 11) is 0. The topological polar surface area (TPSA) is 68.0 Å². The van der Waals surface area contributed by atoms with Crippen LogP contribution in [-0.4, -0.2) is 34.2 Å². The molecule has 0 unspecified atom stereocenters. The summed E-state index contributed by atoms with van der Waals surface area (Å²) in [6.45, 7) is 2.64. The third kappa shape index (κ3) is 6.11. The standard InChI is InChI=1S/C19H18FN3O2S2/c1-13-2-8-16(9-3-13)26-11-10-21-17(24)12-27-19-23-22-18(25-19)14-4-6-15(20)7-5-14/h2-9H,10-12H2,1H3,(H,21,24). The summed E-state index contributed by atoms with van der Waals surface area (Å²) >= 11 is 2.87. The second-order valence-electron chi connectivity index (χ2n) is 5.68. The van der Waals surface area contributed by atoms with Crippen molar-refractivity contribution in [2.24, 2.45) is 0 Å². The zero-order valence-electron chi connectivity index (χ0n) is 14.6. The lowest BCUT2D eigenvalue weighted by molar-refractivity contribution is -0.118. The van der Waals surface area contributed by atoms with Crippen LogP contribution in [0.2, 0.25) is 0 Å². The van der Waals surface area contributed by atoms with Crippen molar-refractivity contribution in [1.29, 1.82) is 0 Å². The fraction of sp³-hybridized carbons (Fsp3) is 0.211. The number of carbonyl (C=O) groups excluding carboxylic acids is 1. The lowest BCUT2D eigenvalue weighted by Gasteiger charge is -2.04. The molecule has 1 amide bonds. The van der Waals surface area contributed by atoms with Crippen molar-refractivity contribution in [2.45, 2.75) is 17.0 Å². The Bertz CT molecular complexity index is 883. The summed E-state index contributed by atoms with van der Waals surface area (Å²) in [5.74, 6) is 0.873. The second-order valence-corrected chi connectivity index (χ2v) is 7.78. The molecule has 0 aliphatic rings. The van der Waals surface area contributed by atoms with E-state index >= 15 is 0 Å². The summed E-state index contributed by atoms with van der Waals surface area (Å²) in [6.07, 6.45) is 0. The third-order valence-electron chi connectivity index (χ3n) is 3.54. The van der Waals surface area contributed by atoms with E-state index in [0.717, 1.165) is 5.75 Å². The van der Waals surface area contributed by atoms with E-state index in [9.17, 15) is 9.18 Å². The highest BCUT2D eigenvalue weighted by Crippen LogP contribution is 2.23. The van der Waals surface area contributed by atoms with Gasteiger partial charge in [-0.05, 0) is 43.3 Å². The highest BCUT2D eigenvalue weighted by molar-refractivity contribution is 7.99. The quantitative estimate of drug-likeness (QED) is 0.449. The molecule has 5 nitrogen and oxygen atoms in total. The minimum absolute atomic E-state index is 0.0916. The van der Waals surface area contributed by atoms with E-state index in [0.29, 0.717) is 23.2 Å². The van der Waals surface area contributed by atoms with Crippen molar-refractivity contribution in [3.8, 4) is 11.5 Å². The van der Waals surface area contributed by atoms with Crippen LogP contribution in [0.15, 0.2) is 63.1 Å². The molecule has 8 heteroatoms. The van der Waals surface area contributed by atoms with Crippen LogP contribution >= 0.6 is 23.5 Å². The van der Waals surface area contributed by atoms with Crippen LogP contribution in [-0.2, 0) is 4.79 Å². The van der Waals surface area contributed by atoms with E-state index in [1.54, 1.807) is 23.9 Å². The SMILES string of the molecule is Cc1ccc(SCCNC(=O)CSc2nnc(-c3ccc(F)cc3)o2)cc1. The van der Waals surface area contributed by atoms with Gasteiger partial charge in [0.1, 0.15) is 5.82 Å². The van der Waals surface area contributed by atoms with Gasteiger partial charge in [-0.1, -0.05) is 29.5 Å². The Labute approximate surface area is 165 Å². The molecule has 0 radical (unpaired) electrons. The number of hydrogen-bond acceptors (Lipinski definition) is 6. The fourth-order valence-corrected chi connectivity index (χ4v) is 3.51. The van der Waals surface area contributed by atoms with Gasteiger partial charge in [0.2, 0.25) is 11.8 Å². The van der Waals surface area contributed by atoms with Gasteiger partial charge in [0, 0.05) is 22.8 Å². The molecule has 3 rings (SSSR count). The first-order valence-corrected chi connectivity index (χ1v) is 10.3. The van der Waals surface area contributed by atoms with E-state index in [1.165, 1.54) is 34.4 Å². The average molecular weight is 404 g/mol. The Hall–Kier alpha value is -2.32. The number of benzene rings is 2. The van der Waals surface area contributed by atoms with Gasteiger partial charge in [-0.25, -0.2) is 4.39 Å². The highest BCUT2D eigenvalue weighted by atomic mass is 32.2. The van der Waals surface area contributed by atoms with E-state index in [2.05, 4.69) is 46.7 Å². The fourth-order valence-electron chi connectivity index (χ4n) is 2.15. The molecule has 0 saturated carbocycles. The number of aryl methyl sites for hydroxylation is 1. The zero-order chi connectivity index (χ0) is 19.1. The van der Waals surface area contributed by atoms with Crippen molar-refractivity contribution in [2.75, 3.05) is 18.1 Å². The number of nitrogens with one attached hydrogen (secondary N) is 1. The molecule has 0 aliphatic carbocycles. The number of nitrogens with zero attached hydrogens (tertiary/aromatic N) is 2. The van der Waals surface area contributed by atoms with Gasteiger partial charge in [0.25, 0.3) is 5.22 Å². The molecule has 1 aromatic heterocycles. The van der Waals surface area contributed by atoms with E-state index in [4.69, 9.17) is 4.42 Å². The summed E-state index contributed by atoms with van der Waals surface area (Å²) in [4.78, 5) is 13.1. The maximum Gasteiger partial charge on any atom is 0.277 e. The smallest absolute Gasteiger partial charge is 0.277 e. The van der Waals surface area contributed by atoms with Crippen LogP contribution in [0.4, 0.5) is 4.39 Å². The van der Waals surface area contributed by atoms with Crippen LogP contribution in [0.25, 0.3) is 11.5 Å². The van der Waals surface area contributed by atoms with Gasteiger partial charge in [-0.2, -0.15) is 0 Å². The summed E-state index contributed by atoms with van der Waals surface area (Å²) in [5, 5.41) is 11.0.